The first-order chi connectivity index (χ1) is 53.0. The molecule has 0 unspecified atom stereocenters. The van der Waals surface area contributed by atoms with E-state index in [2.05, 4.69) is 128 Å². The van der Waals surface area contributed by atoms with Crippen LogP contribution in [0.15, 0.2) is 121 Å². The second-order valence-corrected chi connectivity index (χ2v) is 31.2. The van der Waals surface area contributed by atoms with Crippen LogP contribution in [-0.2, 0) is 107 Å². The van der Waals surface area contributed by atoms with E-state index in [1.807, 2.05) is 156 Å². The Morgan fingerprint density at radius 3 is 0.788 bits per heavy atom. The first-order valence-electron chi connectivity index (χ1n) is 37.2. The summed E-state index contributed by atoms with van der Waals surface area (Å²) in [5, 5.41) is 56.8. The van der Waals surface area contributed by atoms with Gasteiger partial charge in [0.1, 0.15) is 69.3 Å². The average molecular weight is 1540 g/mol. The normalized spacial score (nSPS) is 12.2. The Kier molecular flexibility index (Phi) is 33.2. The molecule has 4 aromatic carbocycles. The number of aryl methyl sites for hydroxylation is 8. The Hall–Kier alpha value is -12.3. The summed E-state index contributed by atoms with van der Waals surface area (Å²) < 4.78 is 49.9. The van der Waals surface area contributed by atoms with Gasteiger partial charge < -0.3 is 37.9 Å². The molecule has 8 aromatic rings. The minimum Gasteiger partial charge on any atom is -0.454 e. The highest BCUT2D eigenvalue weighted by Gasteiger charge is 2.26. The highest BCUT2D eigenvalue weighted by molar-refractivity contribution is 5.97. The van der Waals surface area contributed by atoms with Crippen LogP contribution in [0, 0.1) is 78.9 Å². The largest absolute Gasteiger partial charge is 0.454 e. The van der Waals surface area contributed by atoms with Gasteiger partial charge in [-0.25, -0.2) is 0 Å². The number of ether oxygens (including phenoxy) is 8. The van der Waals surface area contributed by atoms with Crippen LogP contribution in [-0.4, -0.2) is 90.2 Å². The van der Waals surface area contributed by atoms with Gasteiger partial charge in [-0.1, -0.05) is 208 Å². The van der Waals surface area contributed by atoms with Gasteiger partial charge >= 0.3 is 23.9 Å². The monoisotopic (exact) mass is 1540 g/mol. The molecule has 113 heavy (non-hydrogen) atoms. The lowest BCUT2D eigenvalue weighted by Crippen LogP contribution is -2.14. The van der Waals surface area contributed by atoms with Crippen LogP contribution in [0.2, 0.25) is 0 Å². The van der Waals surface area contributed by atoms with E-state index in [1.165, 1.54) is 29.2 Å². The van der Waals surface area contributed by atoms with Crippen molar-refractivity contribution < 1.29 is 57.1 Å². The summed E-state index contributed by atoms with van der Waals surface area (Å²) in [7, 11) is 7.12. The molecule has 0 radical (unpaired) electrons. The van der Waals surface area contributed by atoms with Gasteiger partial charge in [0, 0.05) is 48.0 Å². The number of carbonyl (C=O) groups is 4. The Morgan fingerprint density at radius 1 is 0.372 bits per heavy atom. The van der Waals surface area contributed by atoms with Crippen LogP contribution in [0.4, 0.5) is 0 Å². The van der Waals surface area contributed by atoms with E-state index in [1.54, 1.807) is 67.7 Å². The van der Waals surface area contributed by atoms with Gasteiger partial charge in [0.15, 0.2) is 23.0 Å². The van der Waals surface area contributed by atoms with Crippen molar-refractivity contribution in [3.05, 3.63) is 211 Å². The van der Waals surface area contributed by atoms with Crippen molar-refractivity contribution in [3.63, 3.8) is 0 Å². The number of allylic oxidation sites excluding steroid dienone is 4. The summed E-state index contributed by atoms with van der Waals surface area (Å²) in [6, 6.07) is 47.6. The second kappa shape index (κ2) is 41.1. The van der Waals surface area contributed by atoms with Crippen LogP contribution in [0.3, 0.4) is 0 Å². The lowest BCUT2D eigenvalue weighted by Gasteiger charge is -2.19. The zero-order valence-electron chi connectivity index (χ0n) is 70.3. The fraction of sp³-hybridized carbons (Fsp3) is 0.416. The number of hydrogen-bond acceptors (Lipinski definition) is 20. The van der Waals surface area contributed by atoms with E-state index in [-0.39, 0.29) is 79.1 Å². The number of esters is 4. The third-order valence-electron chi connectivity index (χ3n) is 17.4. The van der Waals surface area contributed by atoms with E-state index < -0.39 is 5.97 Å². The number of carbonyl (C=O) groups excluding carboxylic acids is 4. The molecule has 0 spiro atoms. The second-order valence-electron chi connectivity index (χ2n) is 31.2. The molecule has 8 rings (SSSR count). The van der Waals surface area contributed by atoms with E-state index in [0.29, 0.717) is 80.9 Å². The molecule has 4 aromatic heterocycles. The van der Waals surface area contributed by atoms with Crippen molar-refractivity contribution in [1.82, 2.24) is 39.1 Å². The third kappa shape index (κ3) is 26.7. The Labute approximate surface area is 666 Å². The van der Waals surface area contributed by atoms with Gasteiger partial charge in [0.2, 0.25) is 27.2 Å². The van der Waals surface area contributed by atoms with Crippen LogP contribution in [0.5, 0.6) is 0 Å². The van der Waals surface area contributed by atoms with E-state index in [9.17, 15) is 40.2 Å². The minimum atomic E-state index is -0.455. The number of benzene rings is 4. The lowest BCUT2D eigenvalue weighted by molar-refractivity contribution is -0.155. The molecule has 0 aliphatic carbocycles. The lowest BCUT2D eigenvalue weighted by atomic mass is 9.86. The van der Waals surface area contributed by atoms with Crippen LogP contribution in [0.1, 0.15) is 227 Å². The highest BCUT2D eigenvalue weighted by Crippen LogP contribution is 2.36. The number of aromatic nitrogens is 8. The fourth-order valence-electron chi connectivity index (χ4n) is 11.1. The summed E-state index contributed by atoms with van der Waals surface area (Å²) in [4.78, 5) is 46.0. The van der Waals surface area contributed by atoms with Gasteiger partial charge in [0.25, 0.3) is 0 Å². The third-order valence-corrected chi connectivity index (χ3v) is 17.4. The summed E-state index contributed by atoms with van der Waals surface area (Å²) in [6.07, 6.45) is 1.28. The van der Waals surface area contributed by atoms with Crippen molar-refractivity contribution in [2.75, 3.05) is 27.2 Å². The number of rotatable bonds is 24. The summed E-state index contributed by atoms with van der Waals surface area (Å²) in [5.41, 5.74) is 14.8. The minimum absolute atomic E-state index is 0.0125. The van der Waals surface area contributed by atoms with E-state index >= 15 is 0 Å². The number of nitriles is 4. The molecule has 0 fully saturated rings. The maximum Gasteiger partial charge on any atom is 0.311 e. The van der Waals surface area contributed by atoms with Crippen LogP contribution < -0.4 is 0 Å². The van der Waals surface area contributed by atoms with Gasteiger partial charge in [-0.2, -0.15) is 41.4 Å². The van der Waals surface area contributed by atoms with Crippen molar-refractivity contribution >= 4 is 69.2 Å². The maximum absolute atomic E-state index is 11.8. The van der Waals surface area contributed by atoms with Gasteiger partial charge in [-0.15, -0.1) is 0 Å². The molecule has 24 heteroatoms. The summed E-state index contributed by atoms with van der Waals surface area (Å²) in [5.74, 6) is -0.454. The Balaban J connectivity index is 0.000000269. The fourth-order valence-corrected chi connectivity index (χ4v) is 11.1. The standard InChI is InChI=1S/2C23H29N3O3.C22H27N3O3.C21H25N3O3/c1-15(2)22(27)29-14-28-21(20-12-16(3)25-26(20)7)19(13-24)17-8-10-18(11-9-17)23(4,5)6;1-7-8-21(27)28-15-29-22(20-13-16(2)25-26(20)6)19(14-24)17-9-11-18(12-10-17)23(3,4)5;1-7-20(26)27-14-28-21(19-12-15(2)24-25(19)6)18(13-23)16-8-10-17(11-9-16)22(3,4)5;1-14-11-19(24(6)23-14)20(27-13-26-15(2)25)18(12-22)16-7-9-17(10-8-16)21(3,4)5/h8-12,15H,14H2,1-7H3;9-13H,7-8,15H2,1-6H3;8-12H,7,14H2,1-6H3;7-11H,13H2,1-6H3/b21-19-;22-19-;21-18-;20-18-. The predicted octanol–water partition coefficient (Wildman–Crippen LogP) is 17.6. The molecule has 0 saturated carbocycles. The van der Waals surface area contributed by atoms with Crippen molar-refractivity contribution in [1.29, 1.82) is 21.0 Å². The molecule has 0 amide bonds. The molecule has 4 heterocycles. The quantitative estimate of drug-likeness (QED) is 0.0178. The van der Waals surface area contributed by atoms with E-state index in [0.717, 1.165) is 45.0 Å². The molecular weight excluding hydrogens is 1430 g/mol. The molecule has 0 atom stereocenters. The Bertz CT molecular complexity index is 4910. The average Bonchev–Trinajstić information content (AvgIpc) is 1.77. The van der Waals surface area contributed by atoms with Crippen molar-refractivity contribution in [3.8, 4) is 24.3 Å². The first-order valence-corrected chi connectivity index (χ1v) is 37.2. The molecule has 24 nitrogen and oxygen atoms in total. The molecule has 0 bridgehead atoms. The molecular formula is C89H110N12O12. The zero-order chi connectivity index (χ0) is 84.5. The van der Waals surface area contributed by atoms with Crippen LogP contribution in [0.25, 0.3) is 45.3 Å². The van der Waals surface area contributed by atoms with Crippen molar-refractivity contribution in [2.45, 2.75) is 186 Å². The van der Waals surface area contributed by atoms with E-state index in [4.69, 9.17) is 37.9 Å². The van der Waals surface area contributed by atoms with Gasteiger partial charge in [-0.3, -0.25) is 37.9 Å². The SMILES string of the molecule is CC(=O)OCO/C(=C(/C#N)c1ccc(C(C)(C)C)cc1)c1cc(C)nn1C.CCC(=O)OCO/C(=C(/C#N)c1ccc(C(C)(C)C)cc1)c1cc(C)nn1C.CCCC(=O)OCO/C(=C(/C#N)c1ccc(C(C)(C)C)cc1)c1cc(C)nn1C.Cc1cc(/C(OCOC(=O)C(C)C)=C(\C#N)c2ccc(C(C)(C)C)cc2)n(C)n1. The number of hydrogen-bond donors (Lipinski definition) is 0. The smallest absolute Gasteiger partial charge is 0.311 e. The summed E-state index contributed by atoms with van der Waals surface area (Å²) in [6.45, 7) is 40.4. The summed E-state index contributed by atoms with van der Waals surface area (Å²) >= 11 is 0. The van der Waals surface area contributed by atoms with Crippen LogP contribution >= 0.6 is 0 Å². The number of nitrogens with zero attached hydrogens (tertiary/aromatic N) is 12. The Morgan fingerprint density at radius 2 is 0.602 bits per heavy atom. The zero-order valence-corrected chi connectivity index (χ0v) is 70.3. The molecule has 0 aliphatic heterocycles. The molecule has 0 aliphatic rings. The molecule has 0 saturated heterocycles. The molecule has 598 valence electrons. The maximum atomic E-state index is 11.8. The van der Waals surface area contributed by atoms with Gasteiger partial charge in [0.05, 0.1) is 28.7 Å². The predicted molar refractivity (Wildman–Crippen MR) is 436 cm³/mol. The first kappa shape index (κ1) is 91.3. The highest BCUT2D eigenvalue weighted by atomic mass is 16.7. The topological polar surface area (TPSA) is 309 Å². The van der Waals surface area contributed by atoms with Crippen molar-refractivity contribution in [2.24, 2.45) is 34.1 Å². The van der Waals surface area contributed by atoms with Gasteiger partial charge in [-0.05, 0) is 125 Å². The molecule has 0 N–H and O–H groups in total.